The van der Waals surface area contributed by atoms with Crippen molar-refractivity contribution in [1.29, 1.82) is 0 Å². The van der Waals surface area contributed by atoms with E-state index in [1.807, 2.05) is 0 Å². The number of anilines is 2. The van der Waals surface area contributed by atoms with E-state index < -0.39 is 0 Å². The molecule has 4 heteroatoms. The molecule has 0 unspecified atom stereocenters. The fourth-order valence-electron chi connectivity index (χ4n) is 3.10. The van der Waals surface area contributed by atoms with Gasteiger partial charge in [0.05, 0.1) is 0 Å². The van der Waals surface area contributed by atoms with E-state index in [1.54, 1.807) is 6.33 Å². The standard InChI is InChI=1S/C16H28N4/c1-4-10-17-14-13(3)15(20-12-19-14)18-11-16(5-2)8-6-7-9-16/h12H,4-11H2,1-3H3,(H2,17,18,19,20). The Morgan fingerprint density at radius 3 is 2.35 bits per heavy atom. The van der Waals surface area contributed by atoms with Gasteiger partial charge in [0, 0.05) is 18.7 Å². The Kier molecular flexibility index (Phi) is 5.21. The average molecular weight is 276 g/mol. The number of hydrogen-bond acceptors (Lipinski definition) is 4. The van der Waals surface area contributed by atoms with Gasteiger partial charge in [0.15, 0.2) is 0 Å². The monoisotopic (exact) mass is 276 g/mol. The van der Waals surface area contributed by atoms with Crippen molar-refractivity contribution in [3.8, 4) is 0 Å². The zero-order chi connectivity index (χ0) is 14.4. The molecule has 0 aromatic carbocycles. The maximum absolute atomic E-state index is 4.41. The molecule has 2 N–H and O–H groups in total. The molecule has 112 valence electrons. The van der Waals surface area contributed by atoms with Gasteiger partial charge in [-0.1, -0.05) is 26.7 Å². The molecule has 0 amide bonds. The zero-order valence-corrected chi connectivity index (χ0v) is 13.1. The Balaban J connectivity index is 2.02. The molecule has 0 atom stereocenters. The Bertz CT molecular complexity index is 424. The molecule has 0 spiro atoms. The van der Waals surface area contributed by atoms with Gasteiger partial charge in [0.2, 0.25) is 0 Å². The smallest absolute Gasteiger partial charge is 0.134 e. The molecular formula is C16H28N4. The SMILES string of the molecule is CCCNc1ncnc(NCC2(CC)CCCC2)c1C. The van der Waals surface area contributed by atoms with Gasteiger partial charge < -0.3 is 10.6 Å². The summed E-state index contributed by atoms with van der Waals surface area (Å²) in [6.45, 7) is 8.56. The van der Waals surface area contributed by atoms with Crippen molar-refractivity contribution in [3.05, 3.63) is 11.9 Å². The zero-order valence-electron chi connectivity index (χ0n) is 13.1. The number of rotatable bonds is 7. The number of nitrogens with one attached hydrogen (secondary N) is 2. The molecule has 4 nitrogen and oxygen atoms in total. The van der Waals surface area contributed by atoms with Crippen LogP contribution in [-0.2, 0) is 0 Å². The summed E-state index contributed by atoms with van der Waals surface area (Å²) >= 11 is 0. The first-order valence-corrected chi connectivity index (χ1v) is 8.00. The quantitative estimate of drug-likeness (QED) is 0.790. The fourth-order valence-corrected chi connectivity index (χ4v) is 3.10. The van der Waals surface area contributed by atoms with Crippen LogP contribution < -0.4 is 10.6 Å². The summed E-state index contributed by atoms with van der Waals surface area (Å²) in [4.78, 5) is 8.74. The van der Waals surface area contributed by atoms with E-state index in [0.717, 1.165) is 36.7 Å². The summed E-state index contributed by atoms with van der Waals surface area (Å²) in [6.07, 6.45) is 9.46. The molecule has 0 aliphatic heterocycles. The lowest BCUT2D eigenvalue weighted by molar-refractivity contribution is 0.306. The van der Waals surface area contributed by atoms with Crippen molar-refractivity contribution in [1.82, 2.24) is 9.97 Å². The van der Waals surface area contributed by atoms with E-state index in [1.165, 1.54) is 32.1 Å². The highest BCUT2D eigenvalue weighted by molar-refractivity contribution is 5.56. The summed E-state index contributed by atoms with van der Waals surface area (Å²) in [5, 5.41) is 6.94. The third kappa shape index (κ3) is 3.41. The largest absolute Gasteiger partial charge is 0.370 e. The highest BCUT2D eigenvalue weighted by Crippen LogP contribution is 2.41. The number of hydrogen-bond donors (Lipinski definition) is 2. The molecule has 2 rings (SSSR count). The minimum atomic E-state index is 0.481. The summed E-state index contributed by atoms with van der Waals surface area (Å²) in [7, 11) is 0. The van der Waals surface area contributed by atoms with Crippen molar-refractivity contribution in [2.75, 3.05) is 23.7 Å². The van der Waals surface area contributed by atoms with Crippen LogP contribution in [0.4, 0.5) is 11.6 Å². The maximum atomic E-state index is 4.41. The van der Waals surface area contributed by atoms with E-state index in [-0.39, 0.29) is 0 Å². The van der Waals surface area contributed by atoms with E-state index in [2.05, 4.69) is 41.4 Å². The molecule has 0 bridgehead atoms. The lowest BCUT2D eigenvalue weighted by Gasteiger charge is -2.28. The molecular weight excluding hydrogens is 248 g/mol. The van der Waals surface area contributed by atoms with Gasteiger partial charge in [0.25, 0.3) is 0 Å². The molecule has 1 saturated carbocycles. The van der Waals surface area contributed by atoms with Crippen LogP contribution >= 0.6 is 0 Å². The topological polar surface area (TPSA) is 49.8 Å². The number of nitrogens with zero attached hydrogens (tertiary/aromatic N) is 2. The second-order valence-electron chi connectivity index (χ2n) is 6.04. The molecule has 0 radical (unpaired) electrons. The first-order chi connectivity index (χ1) is 9.71. The molecule has 1 aromatic heterocycles. The summed E-state index contributed by atoms with van der Waals surface area (Å²) in [6, 6.07) is 0. The summed E-state index contributed by atoms with van der Waals surface area (Å²) in [5.74, 6) is 1.94. The van der Waals surface area contributed by atoms with Crippen molar-refractivity contribution >= 4 is 11.6 Å². The predicted molar refractivity (Wildman–Crippen MR) is 85.2 cm³/mol. The van der Waals surface area contributed by atoms with Gasteiger partial charge in [-0.05, 0) is 38.0 Å². The van der Waals surface area contributed by atoms with Crippen LogP contribution in [0.5, 0.6) is 0 Å². The molecule has 1 fully saturated rings. The highest BCUT2D eigenvalue weighted by atomic mass is 15.1. The first kappa shape index (κ1) is 15.1. The second-order valence-corrected chi connectivity index (χ2v) is 6.04. The van der Waals surface area contributed by atoms with Crippen LogP contribution in [0.1, 0.15) is 57.9 Å². The minimum absolute atomic E-state index is 0.481. The molecule has 0 saturated heterocycles. The van der Waals surface area contributed by atoms with Crippen molar-refractivity contribution in [2.24, 2.45) is 5.41 Å². The van der Waals surface area contributed by atoms with Gasteiger partial charge >= 0.3 is 0 Å². The highest BCUT2D eigenvalue weighted by Gasteiger charge is 2.31. The normalized spacial score (nSPS) is 17.1. The van der Waals surface area contributed by atoms with E-state index in [0.29, 0.717) is 5.41 Å². The minimum Gasteiger partial charge on any atom is -0.370 e. The third-order valence-electron chi connectivity index (χ3n) is 4.67. The second kappa shape index (κ2) is 6.91. The van der Waals surface area contributed by atoms with Crippen LogP contribution in [-0.4, -0.2) is 23.1 Å². The van der Waals surface area contributed by atoms with E-state index >= 15 is 0 Å². The van der Waals surface area contributed by atoms with Gasteiger partial charge in [-0.15, -0.1) is 0 Å². The molecule has 1 heterocycles. The van der Waals surface area contributed by atoms with Crippen LogP contribution in [0.2, 0.25) is 0 Å². The summed E-state index contributed by atoms with van der Waals surface area (Å²) < 4.78 is 0. The Labute approximate surface area is 122 Å². The summed E-state index contributed by atoms with van der Waals surface area (Å²) in [5.41, 5.74) is 1.61. The molecule has 1 aliphatic carbocycles. The van der Waals surface area contributed by atoms with E-state index in [9.17, 15) is 0 Å². The Morgan fingerprint density at radius 1 is 1.10 bits per heavy atom. The van der Waals surface area contributed by atoms with Crippen molar-refractivity contribution < 1.29 is 0 Å². The number of aromatic nitrogens is 2. The Hall–Kier alpha value is -1.32. The molecule has 1 aliphatic rings. The van der Waals surface area contributed by atoms with E-state index in [4.69, 9.17) is 0 Å². The van der Waals surface area contributed by atoms with Crippen LogP contribution in [0.3, 0.4) is 0 Å². The average Bonchev–Trinajstić information content (AvgIpc) is 2.94. The van der Waals surface area contributed by atoms with Crippen molar-refractivity contribution in [2.45, 2.75) is 59.3 Å². The third-order valence-corrected chi connectivity index (χ3v) is 4.67. The molecule has 20 heavy (non-hydrogen) atoms. The van der Waals surface area contributed by atoms with Crippen LogP contribution in [0.15, 0.2) is 6.33 Å². The van der Waals surface area contributed by atoms with Gasteiger partial charge in [-0.25, -0.2) is 9.97 Å². The maximum Gasteiger partial charge on any atom is 0.134 e. The fraction of sp³-hybridized carbons (Fsp3) is 0.750. The van der Waals surface area contributed by atoms with Crippen LogP contribution in [0.25, 0.3) is 0 Å². The van der Waals surface area contributed by atoms with Gasteiger partial charge in [-0.2, -0.15) is 0 Å². The first-order valence-electron chi connectivity index (χ1n) is 8.00. The lowest BCUT2D eigenvalue weighted by Crippen LogP contribution is -2.26. The lowest BCUT2D eigenvalue weighted by atomic mass is 9.83. The molecule has 1 aromatic rings. The Morgan fingerprint density at radius 2 is 1.75 bits per heavy atom. The van der Waals surface area contributed by atoms with Crippen molar-refractivity contribution in [3.63, 3.8) is 0 Å². The van der Waals surface area contributed by atoms with Crippen LogP contribution in [0, 0.1) is 12.3 Å². The van der Waals surface area contributed by atoms with Gasteiger partial charge in [-0.3, -0.25) is 0 Å². The predicted octanol–water partition coefficient (Wildman–Crippen LogP) is 3.99. The van der Waals surface area contributed by atoms with Gasteiger partial charge in [0.1, 0.15) is 18.0 Å².